The fourth-order valence-corrected chi connectivity index (χ4v) is 3.46. The molecular formula is C21H30O7. The number of ether oxygens (including phenoxy) is 2. The van der Waals surface area contributed by atoms with Crippen LogP contribution in [0.5, 0.6) is 0 Å². The minimum atomic E-state index is -1.82. The molecule has 0 saturated heterocycles. The molecule has 0 bridgehead atoms. The molecule has 2 rings (SSSR count). The molecule has 0 aromatic carbocycles. The Bertz CT molecular complexity index is 714. The number of carbonyl (C=O) groups excluding carboxylic acids is 2. The van der Waals surface area contributed by atoms with Gasteiger partial charge in [-0.15, -0.1) is 0 Å². The van der Waals surface area contributed by atoms with Gasteiger partial charge in [0, 0.05) is 6.92 Å². The van der Waals surface area contributed by atoms with Crippen LogP contribution in [0.4, 0.5) is 0 Å². The Morgan fingerprint density at radius 3 is 2.71 bits per heavy atom. The van der Waals surface area contributed by atoms with E-state index in [1.807, 2.05) is 13.8 Å². The average Bonchev–Trinajstić information content (AvgIpc) is 2.62. The Morgan fingerprint density at radius 1 is 1.50 bits per heavy atom. The van der Waals surface area contributed by atoms with Crippen LogP contribution in [-0.4, -0.2) is 57.1 Å². The van der Waals surface area contributed by atoms with Crippen LogP contribution in [-0.2, 0) is 19.1 Å². The van der Waals surface area contributed by atoms with Gasteiger partial charge in [0.15, 0.2) is 11.4 Å². The molecule has 1 heterocycles. The summed E-state index contributed by atoms with van der Waals surface area (Å²) < 4.78 is 10.9. The number of aliphatic hydroxyl groups excluding tert-OH is 1. The Hall–Kier alpha value is -1.96. The Balaban J connectivity index is 2.27. The highest BCUT2D eigenvalue weighted by Crippen LogP contribution is 2.37. The van der Waals surface area contributed by atoms with Crippen molar-refractivity contribution in [2.24, 2.45) is 11.8 Å². The van der Waals surface area contributed by atoms with Gasteiger partial charge in [0.1, 0.15) is 17.5 Å². The van der Waals surface area contributed by atoms with E-state index in [2.05, 4.69) is 0 Å². The summed E-state index contributed by atoms with van der Waals surface area (Å²) in [5.74, 6) is -1.32. The molecule has 7 nitrogen and oxygen atoms in total. The van der Waals surface area contributed by atoms with Crippen molar-refractivity contribution in [2.75, 3.05) is 6.61 Å². The first kappa shape index (κ1) is 22.3. The quantitative estimate of drug-likeness (QED) is 0.584. The maximum Gasteiger partial charge on any atom is 0.303 e. The highest BCUT2D eigenvalue weighted by molar-refractivity contribution is 5.99. The molecule has 0 aromatic heterocycles. The Morgan fingerprint density at radius 2 is 2.14 bits per heavy atom. The fraction of sp³-hybridized carbons (Fsp3) is 0.619. The lowest BCUT2D eigenvalue weighted by Gasteiger charge is -2.41. The van der Waals surface area contributed by atoms with E-state index in [1.165, 1.54) is 32.9 Å². The second kappa shape index (κ2) is 8.19. The molecule has 2 aliphatic rings. The molecule has 1 aliphatic heterocycles. The first-order valence-electron chi connectivity index (χ1n) is 9.50. The van der Waals surface area contributed by atoms with E-state index in [0.29, 0.717) is 11.3 Å². The number of ketones is 1. The van der Waals surface area contributed by atoms with Crippen LogP contribution in [0.25, 0.3) is 0 Å². The van der Waals surface area contributed by atoms with Gasteiger partial charge >= 0.3 is 5.97 Å². The summed E-state index contributed by atoms with van der Waals surface area (Å²) in [7, 11) is 0. The fourth-order valence-electron chi connectivity index (χ4n) is 3.46. The second-order valence-corrected chi connectivity index (χ2v) is 8.04. The van der Waals surface area contributed by atoms with E-state index in [9.17, 15) is 24.9 Å². The van der Waals surface area contributed by atoms with E-state index < -0.39 is 41.1 Å². The van der Waals surface area contributed by atoms with Gasteiger partial charge in [-0.25, -0.2) is 0 Å². The van der Waals surface area contributed by atoms with Crippen LogP contribution in [0.1, 0.15) is 41.0 Å². The van der Waals surface area contributed by atoms with Crippen molar-refractivity contribution in [3.05, 3.63) is 35.6 Å². The zero-order chi connectivity index (χ0) is 21.3. The third kappa shape index (κ3) is 4.54. The van der Waals surface area contributed by atoms with Crippen molar-refractivity contribution in [1.82, 2.24) is 0 Å². The first-order valence-corrected chi connectivity index (χ1v) is 9.50. The van der Waals surface area contributed by atoms with Crippen molar-refractivity contribution in [3.63, 3.8) is 0 Å². The van der Waals surface area contributed by atoms with Gasteiger partial charge in [0.25, 0.3) is 0 Å². The van der Waals surface area contributed by atoms with Gasteiger partial charge in [-0.1, -0.05) is 20.3 Å². The molecule has 0 fully saturated rings. The van der Waals surface area contributed by atoms with Crippen LogP contribution >= 0.6 is 0 Å². The van der Waals surface area contributed by atoms with Gasteiger partial charge in [-0.2, -0.15) is 0 Å². The molecule has 0 aromatic rings. The summed E-state index contributed by atoms with van der Waals surface area (Å²) in [5.41, 5.74) is -2.69. The van der Waals surface area contributed by atoms with Crippen molar-refractivity contribution < 1.29 is 34.4 Å². The molecule has 0 spiro atoms. The maximum absolute atomic E-state index is 12.3. The lowest BCUT2D eigenvalue weighted by Crippen LogP contribution is -2.56. The summed E-state index contributed by atoms with van der Waals surface area (Å²) in [6, 6.07) is 0. The van der Waals surface area contributed by atoms with E-state index in [0.717, 1.165) is 6.42 Å². The van der Waals surface area contributed by atoms with Gasteiger partial charge in [0.2, 0.25) is 0 Å². The molecule has 7 heteroatoms. The number of hydrogen-bond acceptors (Lipinski definition) is 7. The van der Waals surface area contributed by atoms with Crippen molar-refractivity contribution >= 4 is 11.8 Å². The van der Waals surface area contributed by atoms with Crippen LogP contribution < -0.4 is 0 Å². The van der Waals surface area contributed by atoms with Gasteiger partial charge in [0.05, 0.1) is 18.6 Å². The second-order valence-electron chi connectivity index (χ2n) is 8.04. The Labute approximate surface area is 165 Å². The third-order valence-electron chi connectivity index (χ3n) is 5.54. The molecule has 0 saturated carbocycles. The molecule has 0 radical (unpaired) electrons. The predicted molar refractivity (Wildman–Crippen MR) is 102 cm³/mol. The lowest BCUT2D eigenvalue weighted by atomic mass is 9.75. The molecule has 0 unspecified atom stereocenters. The summed E-state index contributed by atoms with van der Waals surface area (Å²) in [4.78, 5) is 23.7. The monoisotopic (exact) mass is 394 g/mol. The standard InChI is InChI=1S/C21H30O7/c1-6-12(2)18(24)20(4,25)8-7-15-9-14-10-17(23)21(5,26)19(28-13(3)22)16(14)11-27-15/h7-10,12,16,18-19,24-26H,6,11H2,1-5H3/b8-7+/t12-,16-,18+,19+,20+,21-/m0/s1. The van der Waals surface area contributed by atoms with Gasteiger partial charge in [-0.3, -0.25) is 9.59 Å². The highest BCUT2D eigenvalue weighted by atomic mass is 16.6. The molecular weight excluding hydrogens is 364 g/mol. The van der Waals surface area contributed by atoms with Crippen LogP contribution in [0.3, 0.4) is 0 Å². The molecule has 28 heavy (non-hydrogen) atoms. The molecule has 1 aliphatic carbocycles. The summed E-state index contributed by atoms with van der Waals surface area (Å²) in [5, 5.41) is 31.3. The summed E-state index contributed by atoms with van der Waals surface area (Å²) >= 11 is 0. The normalized spacial score (nSPS) is 31.8. The number of aliphatic hydroxyl groups is 3. The van der Waals surface area contributed by atoms with Crippen LogP contribution in [0.2, 0.25) is 0 Å². The summed E-state index contributed by atoms with van der Waals surface area (Å²) in [6.07, 6.45) is 4.67. The van der Waals surface area contributed by atoms with Crippen molar-refractivity contribution in [2.45, 2.75) is 64.4 Å². The van der Waals surface area contributed by atoms with Gasteiger partial charge in [-0.05, 0) is 49.6 Å². The predicted octanol–water partition coefficient (Wildman–Crippen LogP) is 1.42. The number of fused-ring (bicyclic) bond motifs is 1. The number of allylic oxidation sites excluding steroid dienone is 2. The number of carbonyl (C=O) groups is 2. The van der Waals surface area contributed by atoms with Crippen LogP contribution in [0.15, 0.2) is 35.6 Å². The van der Waals surface area contributed by atoms with E-state index in [1.54, 1.807) is 12.2 Å². The zero-order valence-corrected chi connectivity index (χ0v) is 17.0. The highest BCUT2D eigenvalue weighted by Gasteiger charge is 2.50. The SMILES string of the molecule is CC[C@H](C)[C@@H](O)[C@](C)(O)/C=C/C1=CC2=CC(=O)[C@](C)(O)[C@H](OC(C)=O)[C@H]2CO1. The lowest BCUT2D eigenvalue weighted by molar-refractivity contribution is -0.174. The minimum absolute atomic E-state index is 0.0873. The maximum atomic E-state index is 12.3. The van der Waals surface area contributed by atoms with E-state index in [-0.39, 0.29) is 12.5 Å². The topological polar surface area (TPSA) is 113 Å². The van der Waals surface area contributed by atoms with E-state index >= 15 is 0 Å². The largest absolute Gasteiger partial charge is 0.493 e. The minimum Gasteiger partial charge on any atom is -0.493 e. The number of hydrogen-bond donors (Lipinski definition) is 3. The van der Waals surface area contributed by atoms with Crippen molar-refractivity contribution in [1.29, 1.82) is 0 Å². The molecule has 3 N–H and O–H groups in total. The number of rotatable bonds is 6. The zero-order valence-electron chi connectivity index (χ0n) is 17.0. The van der Waals surface area contributed by atoms with E-state index in [4.69, 9.17) is 9.47 Å². The first-order chi connectivity index (χ1) is 12.9. The summed E-state index contributed by atoms with van der Waals surface area (Å²) in [6.45, 7) is 7.94. The third-order valence-corrected chi connectivity index (χ3v) is 5.54. The van der Waals surface area contributed by atoms with Crippen LogP contribution in [0, 0.1) is 11.8 Å². The molecule has 0 amide bonds. The van der Waals surface area contributed by atoms with Gasteiger partial charge < -0.3 is 24.8 Å². The molecule has 6 atom stereocenters. The molecule has 156 valence electrons. The average molecular weight is 394 g/mol. The van der Waals surface area contributed by atoms with Crippen molar-refractivity contribution in [3.8, 4) is 0 Å². The smallest absolute Gasteiger partial charge is 0.303 e. The Kier molecular flexibility index (Phi) is 6.53. The number of esters is 1.